The molecule has 0 fully saturated rings. The van der Waals surface area contributed by atoms with Crippen LogP contribution in [0.4, 0.5) is 0 Å². The fourth-order valence-corrected chi connectivity index (χ4v) is 6.10. The van der Waals surface area contributed by atoms with Gasteiger partial charge in [0.05, 0.1) is 38.5 Å². The zero-order valence-electron chi connectivity index (χ0n) is 37.0. The van der Waals surface area contributed by atoms with Crippen molar-refractivity contribution in [3.05, 3.63) is 54.1 Å². The largest absolute Gasteiger partial charge is 0.481 e. The van der Waals surface area contributed by atoms with E-state index in [-0.39, 0.29) is 25.2 Å². The van der Waals surface area contributed by atoms with Gasteiger partial charge in [-0.25, -0.2) is 9.78 Å². The SMILES string of the molecule is CC(C)CC(NC(=O)C(CO)NC(=O)CNC(=O)C(Cc1ccccc1)NC(=O)CNC(=O)C(C)NC(=O)C(N)CCCCN)C(=O)NC(CC(=O)O)C(=O)NC(Cc1cnc[nH]1)C(=O)O. The number of aromatic amines is 1. The highest BCUT2D eigenvalue weighted by Gasteiger charge is 2.33. The maximum absolute atomic E-state index is 13.5. The normalized spacial score (nSPS) is 14.1. The Morgan fingerprint density at radius 1 is 0.667 bits per heavy atom. The van der Waals surface area contributed by atoms with Crippen molar-refractivity contribution in [1.29, 1.82) is 0 Å². The Bertz CT molecular complexity index is 1950. The van der Waals surface area contributed by atoms with Crippen LogP contribution in [-0.4, -0.2) is 153 Å². The molecule has 7 atom stereocenters. The minimum absolute atomic E-state index is 0.0518. The number of imidazole rings is 1. The molecule has 8 amide bonds. The molecule has 25 nitrogen and oxygen atoms in total. The molecule has 2 aromatic rings. The molecule has 1 aromatic heterocycles. The molecule has 0 saturated carbocycles. The van der Waals surface area contributed by atoms with Gasteiger partial charge in [-0.2, -0.15) is 0 Å². The van der Waals surface area contributed by atoms with Gasteiger partial charge in [-0.05, 0) is 44.2 Å². The number of aliphatic carboxylic acids is 2. The van der Waals surface area contributed by atoms with Crippen LogP contribution >= 0.6 is 0 Å². The lowest BCUT2D eigenvalue weighted by atomic mass is 10.0. The Kier molecular flexibility index (Phi) is 24.0. The van der Waals surface area contributed by atoms with Gasteiger partial charge in [-0.3, -0.25) is 43.2 Å². The van der Waals surface area contributed by atoms with Gasteiger partial charge in [-0.15, -0.1) is 0 Å². The molecule has 7 unspecified atom stereocenters. The molecule has 2 rings (SSSR count). The lowest BCUT2D eigenvalue weighted by Crippen LogP contribution is -2.59. The summed E-state index contributed by atoms with van der Waals surface area (Å²) in [6.45, 7) is 2.88. The fourth-order valence-electron chi connectivity index (χ4n) is 6.10. The predicted molar refractivity (Wildman–Crippen MR) is 233 cm³/mol. The standard InChI is InChI=1S/C41H62N12O13/c1-22(2)13-27(38(62)52-29(16-34(57)58)39(63)53-30(41(65)66)15-25-17-44-21-47-25)51-40(64)31(20-54)50-33(56)19-46-37(61)28(14-24-9-5-4-6-10-24)49-32(55)18-45-35(59)23(3)48-36(60)26(43)11-7-8-12-42/h4-6,9-10,17,21-23,26-31,54H,7-8,11-16,18-20,42-43H2,1-3H3,(H,44,47)(H,45,59)(H,46,61)(H,48,60)(H,49,55)(H,50,56)(H,51,64)(H,52,62)(H,53,63)(H,57,58)(H,65,66). The number of nitrogens with zero attached hydrogens (tertiary/aromatic N) is 1. The number of amides is 8. The number of nitrogens with two attached hydrogens (primary N) is 2. The first-order chi connectivity index (χ1) is 31.2. The Hall–Kier alpha value is -6.99. The molecule has 1 aromatic carbocycles. The molecule has 66 heavy (non-hydrogen) atoms. The highest BCUT2D eigenvalue weighted by Crippen LogP contribution is 2.09. The van der Waals surface area contributed by atoms with Gasteiger partial charge in [0.25, 0.3) is 0 Å². The van der Waals surface area contributed by atoms with E-state index in [9.17, 15) is 63.3 Å². The molecule has 364 valence electrons. The lowest BCUT2D eigenvalue weighted by molar-refractivity contribution is -0.143. The molecule has 0 bridgehead atoms. The maximum Gasteiger partial charge on any atom is 0.326 e. The van der Waals surface area contributed by atoms with Crippen LogP contribution < -0.4 is 54.0 Å². The number of nitrogens with one attached hydrogen (secondary N) is 9. The molecule has 0 aliphatic carbocycles. The van der Waals surface area contributed by atoms with Gasteiger partial charge in [0, 0.05) is 24.7 Å². The van der Waals surface area contributed by atoms with Crippen molar-refractivity contribution in [2.75, 3.05) is 26.2 Å². The highest BCUT2D eigenvalue weighted by molar-refractivity contribution is 5.97. The van der Waals surface area contributed by atoms with Crippen LogP contribution in [0.15, 0.2) is 42.9 Å². The summed E-state index contributed by atoms with van der Waals surface area (Å²) in [5, 5.41) is 47.9. The molecule has 0 saturated heterocycles. The number of benzene rings is 1. The number of carboxylic acids is 2. The van der Waals surface area contributed by atoms with Crippen molar-refractivity contribution < 1.29 is 63.3 Å². The zero-order valence-corrected chi connectivity index (χ0v) is 37.0. The Morgan fingerprint density at radius 2 is 1.24 bits per heavy atom. The van der Waals surface area contributed by atoms with Gasteiger partial charge >= 0.3 is 11.9 Å². The Morgan fingerprint density at radius 3 is 1.80 bits per heavy atom. The molecular formula is C41H62N12O13. The monoisotopic (exact) mass is 930 g/mol. The number of aliphatic hydroxyl groups is 1. The minimum Gasteiger partial charge on any atom is -0.481 e. The van der Waals surface area contributed by atoms with E-state index in [1.165, 1.54) is 19.4 Å². The van der Waals surface area contributed by atoms with Crippen molar-refractivity contribution in [3.63, 3.8) is 0 Å². The van der Waals surface area contributed by atoms with Crippen LogP contribution in [0.3, 0.4) is 0 Å². The average Bonchev–Trinajstić information content (AvgIpc) is 3.78. The Labute approximate surface area is 380 Å². The van der Waals surface area contributed by atoms with Gasteiger partial charge in [-0.1, -0.05) is 50.6 Å². The number of rotatable bonds is 30. The quantitative estimate of drug-likeness (QED) is 0.0328. The molecule has 0 aliphatic rings. The summed E-state index contributed by atoms with van der Waals surface area (Å²) >= 11 is 0. The molecular weight excluding hydrogens is 869 g/mol. The molecule has 0 aliphatic heterocycles. The number of carbonyl (C=O) groups excluding carboxylic acids is 8. The third-order valence-corrected chi connectivity index (χ3v) is 9.62. The van der Waals surface area contributed by atoms with Crippen LogP contribution in [0.1, 0.15) is 64.1 Å². The van der Waals surface area contributed by atoms with Crippen molar-refractivity contribution in [2.24, 2.45) is 17.4 Å². The molecule has 16 N–H and O–H groups in total. The number of carbonyl (C=O) groups is 10. The van der Waals surface area contributed by atoms with E-state index in [1.807, 2.05) is 0 Å². The van der Waals surface area contributed by atoms with E-state index in [4.69, 9.17) is 11.5 Å². The van der Waals surface area contributed by atoms with Crippen LogP contribution in [0.25, 0.3) is 0 Å². The van der Waals surface area contributed by atoms with Crippen LogP contribution in [0, 0.1) is 5.92 Å². The van der Waals surface area contributed by atoms with Crippen LogP contribution in [0.2, 0.25) is 0 Å². The predicted octanol–water partition coefficient (Wildman–Crippen LogP) is -4.59. The van der Waals surface area contributed by atoms with Crippen LogP contribution in [-0.2, 0) is 60.8 Å². The smallest absolute Gasteiger partial charge is 0.326 e. The van der Waals surface area contributed by atoms with Crippen molar-refractivity contribution >= 4 is 59.2 Å². The van der Waals surface area contributed by atoms with E-state index in [1.54, 1.807) is 44.2 Å². The summed E-state index contributed by atoms with van der Waals surface area (Å²) in [7, 11) is 0. The second-order valence-electron chi connectivity index (χ2n) is 15.7. The summed E-state index contributed by atoms with van der Waals surface area (Å²) in [5.74, 6) is -10.4. The zero-order chi connectivity index (χ0) is 49.3. The summed E-state index contributed by atoms with van der Waals surface area (Å²) in [5.41, 5.74) is 12.3. The topological polar surface area (TPSA) is 408 Å². The Balaban J connectivity index is 2.06. The third-order valence-electron chi connectivity index (χ3n) is 9.62. The molecule has 0 radical (unpaired) electrons. The summed E-state index contributed by atoms with van der Waals surface area (Å²) in [4.78, 5) is 134. The van der Waals surface area contributed by atoms with E-state index in [0.717, 1.165) is 0 Å². The van der Waals surface area contributed by atoms with E-state index >= 15 is 0 Å². The first kappa shape index (κ1) is 55.1. The van der Waals surface area contributed by atoms with E-state index in [0.29, 0.717) is 37.1 Å². The number of carboxylic acid groups (broad SMARTS) is 2. The van der Waals surface area contributed by atoms with Gasteiger partial charge in [0.1, 0.15) is 36.3 Å². The summed E-state index contributed by atoms with van der Waals surface area (Å²) in [6.07, 6.45) is 2.94. The van der Waals surface area contributed by atoms with Crippen LogP contribution in [0.5, 0.6) is 0 Å². The summed E-state index contributed by atoms with van der Waals surface area (Å²) < 4.78 is 0. The fraction of sp³-hybridized carbons (Fsp3) is 0.537. The van der Waals surface area contributed by atoms with E-state index < -0.39 is 128 Å². The second-order valence-corrected chi connectivity index (χ2v) is 15.7. The maximum atomic E-state index is 13.5. The van der Waals surface area contributed by atoms with E-state index in [2.05, 4.69) is 52.5 Å². The van der Waals surface area contributed by atoms with Crippen molar-refractivity contribution in [1.82, 2.24) is 52.5 Å². The minimum atomic E-state index is -1.79. The lowest BCUT2D eigenvalue weighted by Gasteiger charge is -2.26. The van der Waals surface area contributed by atoms with Gasteiger partial charge in [0.15, 0.2) is 0 Å². The molecule has 25 heteroatoms. The number of H-pyrrole nitrogens is 1. The second kappa shape index (κ2) is 28.7. The number of aromatic nitrogens is 2. The van der Waals surface area contributed by atoms with Gasteiger partial charge < -0.3 is 74.3 Å². The number of hydrogen-bond donors (Lipinski definition) is 14. The van der Waals surface area contributed by atoms with Crippen molar-refractivity contribution in [3.8, 4) is 0 Å². The average molecular weight is 931 g/mol. The first-order valence-corrected chi connectivity index (χ1v) is 21.1. The number of unbranched alkanes of at least 4 members (excludes halogenated alkanes) is 1. The molecule has 0 spiro atoms. The number of hydrogen-bond acceptors (Lipinski definition) is 14. The van der Waals surface area contributed by atoms with Gasteiger partial charge in [0.2, 0.25) is 47.3 Å². The number of aliphatic hydroxyl groups excluding tert-OH is 1. The first-order valence-electron chi connectivity index (χ1n) is 21.1. The summed E-state index contributed by atoms with van der Waals surface area (Å²) in [6, 6.07) is -1.16. The third kappa shape index (κ3) is 20.7. The van der Waals surface area contributed by atoms with Crippen molar-refractivity contribution in [2.45, 2.75) is 108 Å². The molecule has 1 heterocycles. The highest BCUT2D eigenvalue weighted by atomic mass is 16.4.